The molecule has 0 saturated heterocycles. The zero-order chi connectivity index (χ0) is 18.4. The molecule has 3 aromatic rings. The monoisotopic (exact) mass is 353 g/mol. The average molecular weight is 353 g/mol. The summed E-state index contributed by atoms with van der Waals surface area (Å²) >= 11 is 0. The maximum atomic E-state index is 12.1. The van der Waals surface area contributed by atoms with Crippen molar-refractivity contribution in [1.29, 1.82) is 0 Å². The SMILES string of the molecule is Cc1cccc(OCC(O)CNC(=O)c2cc(-c3ccccn3)no2)c1. The lowest BCUT2D eigenvalue weighted by atomic mass is 10.2. The number of carbonyl (C=O) groups excluding carboxylic acids is 1. The summed E-state index contributed by atoms with van der Waals surface area (Å²) in [6.45, 7) is 2.06. The van der Waals surface area contributed by atoms with E-state index in [1.165, 1.54) is 6.07 Å². The summed E-state index contributed by atoms with van der Waals surface area (Å²) < 4.78 is 10.5. The van der Waals surface area contributed by atoms with Gasteiger partial charge in [0, 0.05) is 18.8 Å². The highest BCUT2D eigenvalue weighted by Crippen LogP contribution is 2.16. The van der Waals surface area contributed by atoms with Crippen LogP contribution in [0.1, 0.15) is 16.1 Å². The Morgan fingerprint density at radius 1 is 1.23 bits per heavy atom. The molecule has 7 heteroatoms. The van der Waals surface area contributed by atoms with E-state index in [4.69, 9.17) is 9.26 Å². The molecule has 1 amide bonds. The maximum Gasteiger partial charge on any atom is 0.290 e. The van der Waals surface area contributed by atoms with Crippen molar-refractivity contribution in [1.82, 2.24) is 15.5 Å². The third kappa shape index (κ3) is 4.67. The molecule has 0 spiro atoms. The lowest BCUT2D eigenvalue weighted by molar-refractivity contribution is 0.0815. The van der Waals surface area contributed by atoms with Crippen LogP contribution in [0.4, 0.5) is 0 Å². The van der Waals surface area contributed by atoms with Gasteiger partial charge in [0.15, 0.2) is 0 Å². The second-order valence-corrected chi connectivity index (χ2v) is 5.78. The summed E-state index contributed by atoms with van der Waals surface area (Å²) in [7, 11) is 0. The van der Waals surface area contributed by atoms with E-state index in [2.05, 4.69) is 15.5 Å². The van der Waals surface area contributed by atoms with E-state index in [0.29, 0.717) is 17.1 Å². The topological polar surface area (TPSA) is 97.5 Å². The van der Waals surface area contributed by atoms with Crippen molar-refractivity contribution >= 4 is 5.91 Å². The van der Waals surface area contributed by atoms with Gasteiger partial charge in [0.05, 0.1) is 5.69 Å². The lowest BCUT2D eigenvalue weighted by Crippen LogP contribution is -2.35. The van der Waals surface area contributed by atoms with Gasteiger partial charge in [0.2, 0.25) is 5.76 Å². The minimum Gasteiger partial charge on any atom is -0.491 e. The van der Waals surface area contributed by atoms with Gasteiger partial charge in [0.1, 0.15) is 24.2 Å². The molecule has 1 aromatic carbocycles. The number of rotatable bonds is 7. The normalized spacial score (nSPS) is 11.8. The van der Waals surface area contributed by atoms with Gasteiger partial charge >= 0.3 is 0 Å². The van der Waals surface area contributed by atoms with Gasteiger partial charge in [-0.1, -0.05) is 23.4 Å². The number of hydrogen-bond donors (Lipinski definition) is 2. The van der Waals surface area contributed by atoms with Crippen LogP contribution in [0.15, 0.2) is 59.3 Å². The van der Waals surface area contributed by atoms with Gasteiger partial charge in [-0.3, -0.25) is 9.78 Å². The molecule has 0 bridgehead atoms. The Balaban J connectivity index is 1.48. The fourth-order valence-electron chi connectivity index (χ4n) is 2.27. The van der Waals surface area contributed by atoms with Gasteiger partial charge < -0.3 is 19.7 Å². The molecule has 2 heterocycles. The molecule has 0 saturated carbocycles. The van der Waals surface area contributed by atoms with Gasteiger partial charge in [0.25, 0.3) is 5.91 Å². The number of benzene rings is 1. The van der Waals surface area contributed by atoms with Crippen LogP contribution in [-0.4, -0.2) is 40.4 Å². The number of hydrogen-bond acceptors (Lipinski definition) is 6. The zero-order valence-corrected chi connectivity index (χ0v) is 14.3. The molecule has 0 aliphatic heterocycles. The summed E-state index contributed by atoms with van der Waals surface area (Å²) in [5, 5.41) is 16.4. The van der Waals surface area contributed by atoms with Gasteiger partial charge in [-0.25, -0.2) is 0 Å². The molecular formula is C19H19N3O4. The molecule has 2 N–H and O–H groups in total. The Morgan fingerprint density at radius 3 is 2.88 bits per heavy atom. The summed E-state index contributed by atoms with van der Waals surface area (Å²) in [6, 6.07) is 14.4. The van der Waals surface area contributed by atoms with Crippen LogP contribution in [0.3, 0.4) is 0 Å². The van der Waals surface area contributed by atoms with Crippen molar-refractivity contribution in [3.8, 4) is 17.1 Å². The van der Waals surface area contributed by atoms with Crippen molar-refractivity contribution in [3.63, 3.8) is 0 Å². The van der Waals surface area contributed by atoms with Crippen LogP contribution in [-0.2, 0) is 0 Å². The first-order chi connectivity index (χ1) is 12.6. The number of amides is 1. The number of aryl methyl sites for hydroxylation is 1. The lowest BCUT2D eigenvalue weighted by Gasteiger charge is -2.13. The number of nitrogens with zero attached hydrogens (tertiary/aromatic N) is 2. The van der Waals surface area contributed by atoms with Gasteiger partial charge in [-0.15, -0.1) is 0 Å². The predicted octanol–water partition coefficient (Wildman–Crippen LogP) is 2.21. The summed E-state index contributed by atoms with van der Waals surface area (Å²) in [4.78, 5) is 16.2. The number of aliphatic hydroxyl groups is 1. The summed E-state index contributed by atoms with van der Waals surface area (Å²) in [6.07, 6.45) is 0.784. The van der Waals surface area contributed by atoms with Crippen LogP contribution in [0, 0.1) is 6.92 Å². The highest BCUT2D eigenvalue weighted by atomic mass is 16.5. The van der Waals surface area contributed by atoms with Crippen molar-refractivity contribution in [2.24, 2.45) is 0 Å². The second kappa shape index (κ2) is 8.26. The molecule has 0 fully saturated rings. The van der Waals surface area contributed by atoms with Crippen molar-refractivity contribution < 1.29 is 19.2 Å². The highest BCUT2D eigenvalue weighted by Gasteiger charge is 2.16. The van der Waals surface area contributed by atoms with E-state index in [1.807, 2.05) is 37.3 Å². The fraction of sp³-hybridized carbons (Fsp3) is 0.211. The number of ether oxygens (including phenoxy) is 1. The molecule has 0 aliphatic carbocycles. The van der Waals surface area contributed by atoms with E-state index < -0.39 is 12.0 Å². The van der Waals surface area contributed by atoms with E-state index in [-0.39, 0.29) is 18.9 Å². The molecule has 134 valence electrons. The Labute approximate surface area is 150 Å². The maximum absolute atomic E-state index is 12.1. The van der Waals surface area contributed by atoms with E-state index in [1.54, 1.807) is 18.3 Å². The molecule has 1 atom stereocenters. The van der Waals surface area contributed by atoms with Crippen molar-refractivity contribution in [2.45, 2.75) is 13.0 Å². The van der Waals surface area contributed by atoms with Crippen molar-refractivity contribution in [2.75, 3.05) is 13.2 Å². The van der Waals surface area contributed by atoms with Crippen LogP contribution < -0.4 is 10.1 Å². The smallest absolute Gasteiger partial charge is 0.290 e. The third-order valence-corrected chi connectivity index (χ3v) is 3.59. The molecular weight excluding hydrogens is 334 g/mol. The zero-order valence-electron chi connectivity index (χ0n) is 14.3. The number of carbonyl (C=O) groups is 1. The van der Waals surface area contributed by atoms with Crippen LogP contribution in [0.2, 0.25) is 0 Å². The number of nitrogens with one attached hydrogen (secondary N) is 1. The first kappa shape index (κ1) is 17.6. The Hall–Kier alpha value is -3.19. The number of aliphatic hydroxyl groups excluding tert-OH is 1. The first-order valence-corrected chi connectivity index (χ1v) is 8.15. The van der Waals surface area contributed by atoms with E-state index >= 15 is 0 Å². The minimum atomic E-state index is -0.849. The highest BCUT2D eigenvalue weighted by molar-refractivity contribution is 5.92. The number of pyridine rings is 1. The second-order valence-electron chi connectivity index (χ2n) is 5.78. The third-order valence-electron chi connectivity index (χ3n) is 3.59. The first-order valence-electron chi connectivity index (χ1n) is 8.15. The standard InChI is InChI=1S/C19H19N3O4/c1-13-5-4-6-15(9-13)25-12-14(23)11-21-19(24)18-10-17(22-26-18)16-7-2-3-8-20-16/h2-10,14,23H,11-12H2,1H3,(H,21,24). The van der Waals surface area contributed by atoms with Gasteiger partial charge in [-0.05, 0) is 36.8 Å². The van der Waals surface area contributed by atoms with Crippen molar-refractivity contribution in [3.05, 3.63) is 66.1 Å². The molecule has 3 rings (SSSR count). The van der Waals surface area contributed by atoms with E-state index in [9.17, 15) is 9.90 Å². The molecule has 26 heavy (non-hydrogen) atoms. The molecule has 0 aliphatic rings. The average Bonchev–Trinajstić information content (AvgIpc) is 3.15. The molecule has 1 unspecified atom stereocenters. The minimum absolute atomic E-state index is 0.0320. The summed E-state index contributed by atoms with van der Waals surface area (Å²) in [5.74, 6) is 0.261. The largest absolute Gasteiger partial charge is 0.491 e. The van der Waals surface area contributed by atoms with Gasteiger partial charge in [-0.2, -0.15) is 0 Å². The van der Waals surface area contributed by atoms with E-state index in [0.717, 1.165) is 5.56 Å². The predicted molar refractivity (Wildman–Crippen MR) is 94.7 cm³/mol. The molecule has 2 aromatic heterocycles. The summed E-state index contributed by atoms with van der Waals surface area (Å²) in [5.41, 5.74) is 2.15. The molecule has 0 radical (unpaired) electrons. The Morgan fingerprint density at radius 2 is 2.12 bits per heavy atom. The fourth-order valence-corrected chi connectivity index (χ4v) is 2.27. The van der Waals surface area contributed by atoms with Crippen LogP contribution in [0.5, 0.6) is 5.75 Å². The van der Waals surface area contributed by atoms with Crippen LogP contribution >= 0.6 is 0 Å². The van der Waals surface area contributed by atoms with Crippen LogP contribution in [0.25, 0.3) is 11.4 Å². The molecule has 7 nitrogen and oxygen atoms in total. The Bertz CT molecular complexity index is 864. The number of aromatic nitrogens is 2. The quantitative estimate of drug-likeness (QED) is 0.676. The Kier molecular flexibility index (Phi) is 5.60.